The van der Waals surface area contributed by atoms with E-state index >= 15 is 0 Å². The number of nitrogens with zero attached hydrogens (tertiary/aromatic N) is 1. The zero-order valence-electron chi connectivity index (χ0n) is 9.61. The Morgan fingerprint density at radius 1 is 1.31 bits per heavy atom. The van der Waals surface area contributed by atoms with E-state index in [2.05, 4.69) is 5.32 Å². The van der Waals surface area contributed by atoms with E-state index in [0.717, 1.165) is 0 Å². The van der Waals surface area contributed by atoms with E-state index in [9.17, 15) is 18.0 Å². The third kappa shape index (κ3) is 2.34. The Balaban J connectivity index is 2.75. The Bertz CT molecular complexity index is 413. The minimum atomic E-state index is -3.13. The van der Waals surface area contributed by atoms with Crippen molar-refractivity contribution in [3.63, 3.8) is 0 Å². The SMILES string of the molecule is CCS(=O)(=O)CCN1C(=O)NC(=O)C1(C)C. The van der Waals surface area contributed by atoms with E-state index in [1.54, 1.807) is 20.8 Å². The van der Waals surface area contributed by atoms with Crippen molar-refractivity contribution in [2.75, 3.05) is 18.1 Å². The molecule has 0 atom stereocenters. The Kier molecular flexibility index (Phi) is 3.27. The summed E-state index contributed by atoms with van der Waals surface area (Å²) in [4.78, 5) is 24.0. The van der Waals surface area contributed by atoms with Crippen LogP contribution in [0.3, 0.4) is 0 Å². The Morgan fingerprint density at radius 3 is 2.25 bits per heavy atom. The third-order valence-corrected chi connectivity index (χ3v) is 4.45. The molecule has 0 aromatic rings. The summed E-state index contributed by atoms with van der Waals surface area (Å²) in [6.07, 6.45) is 0. The maximum absolute atomic E-state index is 11.4. The first-order valence-corrected chi connectivity index (χ1v) is 6.86. The van der Waals surface area contributed by atoms with Gasteiger partial charge in [0.1, 0.15) is 5.54 Å². The Hall–Kier alpha value is -1.11. The number of hydrogen-bond acceptors (Lipinski definition) is 4. The fourth-order valence-corrected chi connectivity index (χ4v) is 2.20. The van der Waals surface area contributed by atoms with E-state index < -0.39 is 27.3 Å². The predicted molar refractivity (Wildman–Crippen MR) is 58.7 cm³/mol. The van der Waals surface area contributed by atoms with Crippen LogP contribution in [-0.4, -0.2) is 48.8 Å². The number of rotatable bonds is 4. The molecule has 0 spiro atoms. The third-order valence-electron chi connectivity index (χ3n) is 2.76. The lowest BCUT2D eigenvalue weighted by Crippen LogP contribution is -2.46. The van der Waals surface area contributed by atoms with Crippen LogP contribution in [0.4, 0.5) is 4.79 Å². The highest BCUT2D eigenvalue weighted by Gasteiger charge is 2.45. The number of sulfone groups is 1. The Morgan fingerprint density at radius 2 is 1.88 bits per heavy atom. The van der Waals surface area contributed by atoms with Crippen LogP contribution in [-0.2, 0) is 14.6 Å². The summed E-state index contributed by atoms with van der Waals surface area (Å²) in [6, 6.07) is -0.527. The van der Waals surface area contributed by atoms with Crippen LogP contribution in [0.5, 0.6) is 0 Å². The molecule has 92 valence electrons. The van der Waals surface area contributed by atoms with Crippen LogP contribution in [0.25, 0.3) is 0 Å². The van der Waals surface area contributed by atoms with Crippen molar-refractivity contribution < 1.29 is 18.0 Å². The highest BCUT2D eigenvalue weighted by molar-refractivity contribution is 7.91. The molecular weight excluding hydrogens is 232 g/mol. The number of carbonyl (C=O) groups is 2. The molecule has 0 bridgehead atoms. The second-order valence-corrected chi connectivity index (χ2v) is 6.68. The summed E-state index contributed by atoms with van der Waals surface area (Å²) in [5, 5.41) is 2.16. The highest BCUT2D eigenvalue weighted by atomic mass is 32.2. The van der Waals surface area contributed by atoms with Crippen LogP contribution in [0.15, 0.2) is 0 Å². The molecule has 0 aromatic heterocycles. The van der Waals surface area contributed by atoms with E-state index in [1.807, 2.05) is 0 Å². The van der Waals surface area contributed by atoms with Gasteiger partial charge in [0.15, 0.2) is 9.84 Å². The predicted octanol–water partition coefficient (Wildman–Crippen LogP) is -0.249. The lowest BCUT2D eigenvalue weighted by molar-refractivity contribution is -0.125. The van der Waals surface area contributed by atoms with Crippen molar-refractivity contribution in [3.05, 3.63) is 0 Å². The maximum atomic E-state index is 11.4. The summed E-state index contributed by atoms with van der Waals surface area (Å²) in [5.74, 6) is -0.476. The first-order chi connectivity index (χ1) is 7.20. The number of amides is 3. The lowest BCUT2D eigenvalue weighted by Gasteiger charge is -2.27. The van der Waals surface area contributed by atoms with Crippen LogP contribution in [0.1, 0.15) is 20.8 Å². The second kappa shape index (κ2) is 4.04. The summed E-state index contributed by atoms with van der Waals surface area (Å²) in [5.41, 5.74) is -0.972. The van der Waals surface area contributed by atoms with Gasteiger partial charge in [-0.3, -0.25) is 10.1 Å². The standard InChI is InChI=1S/C9H16N2O4S/c1-4-16(14,15)6-5-11-8(13)10-7(12)9(11,2)3/h4-6H2,1-3H3,(H,10,12,13). The number of imide groups is 1. The van der Waals surface area contributed by atoms with Crippen LogP contribution >= 0.6 is 0 Å². The monoisotopic (exact) mass is 248 g/mol. The van der Waals surface area contributed by atoms with Gasteiger partial charge < -0.3 is 4.90 Å². The highest BCUT2D eigenvalue weighted by Crippen LogP contribution is 2.20. The molecule has 6 nitrogen and oxygen atoms in total. The van der Waals surface area contributed by atoms with Crippen LogP contribution in [0, 0.1) is 0 Å². The summed E-state index contributed by atoms with van der Waals surface area (Å²) < 4.78 is 22.6. The summed E-state index contributed by atoms with van der Waals surface area (Å²) in [7, 11) is -3.13. The molecule has 0 aromatic carbocycles. The Labute approximate surface area is 94.9 Å². The van der Waals surface area contributed by atoms with Gasteiger partial charge >= 0.3 is 6.03 Å². The first kappa shape index (κ1) is 13.0. The second-order valence-electron chi connectivity index (χ2n) is 4.21. The van der Waals surface area contributed by atoms with Gasteiger partial charge in [-0.2, -0.15) is 0 Å². The van der Waals surface area contributed by atoms with Gasteiger partial charge in [0, 0.05) is 12.3 Å². The molecule has 1 fully saturated rings. The molecule has 1 aliphatic rings. The molecule has 1 rings (SSSR count). The number of hydrogen-bond donors (Lipinski definition) is 1. The summed E-state index contributed by atoms with van der Waals surface area (Å²) in [6.45, 7) is 4.77. The van der Waals surface area contributed by atoms with Crippen molar-refractivity contribution >= 4 is 21.8 Å². The van der Waals surface area contributed by atoms with E-state index in [1.165, 1.54) is 4.90 Å². The molecule has 0 aliphatic carbocycles. The quantitative estimate of drug-likeness (QED) is 0.695. The zero-order valence-corrected chi connectivity index (χ0v) is 10.4. The molecule has 0 saturated carbocycles. The van der Waals surface area contributed by atoms with Gasteiger partial charge in [-0.15, -0.1) is 0 Å². The van der Waals surface area contributed by atoms with Gasteiger partial charge in [-0.05, 0) is 13.8 Å². The zero-order chi connectivity index (χ0) is 12.6. The smallest absolute Gasteiger partial charge is 0.309 e. The molecule has 16 heavy (non-hydrogen) atoms. The van der Waals surface area contributed by atoms with Crippen molar-refractivity contribution in [2.45, 2.75) is 26.3 Å². The van der Waals surface area contributed by atoms with Crippen LogP contribution in [0.2, 0.25) is 0 Å². The summed E-state index contributed by atoms with van der Waals surface area (Å²) >= 11 is 0. The molecule has 0 unspecified atom stereocenters. The molecule has 7 heteroatoms. The molecule has 1 N–H and O–H groups in total. The van der Waals surface area contributed by atoms with E-state index in [0.29, 0.717) is 0 Å². The lowest BCUT2D eigenvalue weighted by atomic mass is 10.1. The molecule has 3 amide bonds. The molecule has 1 aliphatic heterocycles. The molecule has 1 saturated heterocycles. The fourth-order valence-electron chi connectivity index (χ4n) is 1.45. The topological polar surface area (TPSA) is 83.6 Å². The maximum Gasteiger partial charge on any atom is 0.325 e. The van der Waals surface area contributed by atoms with E-state index in [4.69, 9.17) is 0 Å². The van der Waals surface area contributed by atoms with Crippen molar-refractivity contribution in [2.24, 2.45) is 0 Å². The van der Waals surface area contributed by atoms with Gasteiger partial charge in [0.05, 0.1) is 5.75 Å². The number of nitrogens with one attached hydrogen (secondary N) is 1. The fraction of sp³-hybridized carbons (Fsp3) is 0.778. The number of urea groups is 1. The van der Waals surface area contributed by atoms with Gasteiger partial charge in [-0.1, -0.05) is 6.92 Å². The largest absolute Gasteiger partial charge is 0.325 e. The molecule has 1 heterocycles. The van der Waals surface area contributed by atoms with Gasteiger partial charge in [-0.25, -0.2) is 13.2 Å². The van der Waals surface area contributed by atoms with Gasteiger partial charge in [0.25, 0.3) is 5.91 Å². The van der Waals surface area contributed by atoms with Crippen molar-refractivity contribution in [3.8, 4) is 0 Å². The minimum Gasteiger partial charge on any atom is -0.309 e. The average molecular weight is 248 g/mol. The first-order valence-electron chi connectivity index (χ1n) is 5.04. The van der Waals surface area contributed by atoms with Crippen molar-refractivity contribution in [1.82, 2.24) is 10.2 Å². The average Bonchev–Trinajstić information content (AvgIpc) is 2.35. The molecular formula is C9H16N2O4S. The normalized spacial score (nSPS) is 20.1. The minimum absolute atomic E-state index is 0.0385. The van der Waals surface area contributed by atoms with Gasteiger partial charge in [0.2, 0.25) is 0 Å². The van der Waals surface area contributed by atoms with Crippen molar-refractivity contribution in [1.29, 1.82) is 0 Å². The number of carbonyl (C=O) groups excluding carboxylic acids is 2. The molecule has 0 radical (unpaired) electrons. The van der Waals surface area contributed by atoms with Crippen LogP contribution < -0.4 is 5.32 Å². The van der Waals surface area contributed by atoms with E-state index in [-0.39, 0.29) is 18.1 Å².